The highest BCUT2D eigenvalue weighted by Crippen LogP contribution is 2.05. The monoisotopic (exact) mass is 235 g/mol. The van der Waals surface area contributed by atoms with Crippen molar-refractivity contribution < 1.29 is 0 Å². The summed E-state index contributed by atoms with van der Waals surface area (Å²) in [5.41, 5.74) is 1.34. The van der Waals surface area contributed by atoms with Crippen LogP contribution >= 0.6 is 11.3 Å². The van der Waals surface area contributed by atoms with Gasteiger partial charge in [0.05, 0.1) is 0 Å². The molecule has 0 fully saturated rings. The molecule has 3 nitrogen and oxygen atoms in total. The van der Waals surface area contributed by atoms with Gasteiger partial charge >= 0.3 is 0 Å². The molecule has 2 aromatic rings. The molecule has 0 radical (unpaired) electrons. The SMILES string of the molecule is CCCn1ccc(CNCc2nccs2)c1. The molecule has 0 aliphatic carbocycles. The molecular weight excluding hydrogens is 218 g/mol. The lowest BCUT2D eigenvalue weighted by Gasteiger charge is -2.00. The lowest BCUT2D eigenvalue weighted by Crippen LogP contribution is -2.11. The molecule has 0 atom stereocenters. The first kappa shape index (κ1) is 11.4. The van der Waals surface area contributed by atoms with Gasteiger partial charge in [0.2, 0.25) is 0 Å². The fourth-order valence-electron chi connectivity index (χ4n) is 1.65. The first-order valence-corrected chi connectivity index (χ1v) is 6.50. The van der Waals surface area contributed by atoms with E-state index in [0.29, 0.717) is 0 Å². The van der Waals surface area contributed by atoms with Crippen molar-refractivity contribution in [1.29, 1.82) is 0 Å². The van der Waals surface area contributed by atoms with E-state index in [1.807, 2.05) is 11.6 Å². The number of aryl methyl sites for hydroxylation is 1. The van der Waals surface area contributed by atoms with Gasteiger partial charge in [0.25, 0.3) is 0 Å². The Labute approximate surface area is 100 Å². The number of aromatic nitrogens is 2. The molecule has 0 aromatic carbocycles. The molecule has 16 heavy (non-hydrogen) atoms. The summed E-state index contributed by atoms with van der Waals surface area (Å²) in [7, 11) is 0. The van der Waals surface area contributed by atoms with Crippen LogP contribution in [0.1, 0.15) is 23.9 Å². The lowest BCUT2D eigenvalue weighted by atomic mass is 10.3. The van der Waals surface area contributed by atoms with Crippen LogP contribution in [0.4, 0.5) is 0 Å². The zero-order valence-corrected chi connectivity index (χ0v) is 10.3. The first-order chi connectivity index (χ1) is 7.88. The van der Waals surface area contributed by atoms with E-state index in [-0.39, 0.29) is 0 Å². The van der Waals surface area contributed by atoms with Crippen molar-refractivity contribution in [1.82, 2.24) is 14.9 Å². The molecule has 2 heterocycles. The van der Waals surface area contributed by atoms with Gasteiger partial charge in [0.1, 0.15) is 5.01 Å². The zero-order valence-electron chi connectivity index (χ0n) is 9.52. The van der Waals surface area contributed by atoms with E-state index < -0.39 is 0 Å². The summed E-state index contributed by atoms with van der Waals surface area (Å²) in [4.78, 5) is 4.23. The highest BCUT2D eigenvalue weighted by atomic mass is 32.1. The molecule has 0 aliphatic heterocycles. The van der Waals surface area contributed by atoms with E-state index in [4.69, 9.17) is 0 Å². The van der Waals surface area contributed by atoms with E-state index in [9.17, 15) is 0 Å². The van der Waals surface area contributed by atoms with Crippen LogP contribution in [0, 0.1) is 0 Å². The molecular formula is C12H17N3S. The van der Waals surface area contributed by atoms with Gasteiger partial charge < -0.3 is 9.88 Å². The largest absolute Gasteiger partial charge is 0.354 e. The summed E-state index contributed by atoms with van der Waals surface area (Å²) in [5.74, 6) is 0. The Kier molecular flexibility index (Phi) is 4.13. The number of nitrogens with zero attached hydrogens (tertiary/aromatic N) is 2. The Morgan fingerprint density at radius 2 is 2.38 bits per heavy atom. The number of rotatable bonds is 6. The van der Waals surface area contributed by atoms with Gasteiger partial charge in [0.15, 0.2) is 0 Å². The molecule has 1 N–H and O–H groups in total. The molecule has 0 amide bonds. The molecule has 0 unspecified atom stereocenters. The molecule has 2 rings (SSSR count). The van der Waals surface area contributed by atoms with Gasteiger partial charge in [-0.3, -0.25) is 0 Å². The van der Waals surface area contributed by atoms with Crippen molar-refractivity contribution in [3.05, 3.63) is 40.6 Å². The van der Waals surface area contributed by atoms with E-state index in [2.05, 4.69) is 40.3 Å². The lowest BCUT2D eigenvalue weighted by molar-refractivity contribution is 0.667. The van der Waals surface area contributed by atoms with Crippen molar-refractivity contribution in [2.24, 2.45) is 0 Å². The molecule has 2 aromatic heterocycles. The standard InChI is InChI=1S/C12H17N3S/c1-2-5-15-6-3-11(10-15)8-13-9-12-14-4-7-16-12/h3-4,6-7,10,13H,2,5,8-9H2,1H3. The highest BCUT2D eigenvalue weighted by Gasteiger charge is 1.98. The summed E-state index contributed by atoms with van der Waals surface area (Å²) < 4.78 is 2.24. The second kappa shape index (κ2) is 5.82. The second-order valence-electron chi connectivity index (χ2n) is 3.79. The van der Waals surface area contributed by atoms with Crippen LogP contribution in [0.3, 0.4) is 0 Å². The fraction of sp³-hybridized carbons (Fsp3) is 0.417. The minimum Gasteiger partial charge on any atom is -0.354 e. The quantitative estimate of drug-likeness (QED) is 0.834. The van der Waals surface area contributed by atoms with Gasteiger partial charge in [0, 0.05) is 43.6 Å². The van der Waals surface area contributed by atoms with Crippen LogP contribution in [0.2, 0.25) is 0 Å². The fourth-order valence-corrected chi connectivity index (χ4v) is 2.23. The third-order valence-electron chi connectivity index (χ3n) is 2.38. The van der Waals surface area contributed by atoms with E-state index in [1.54, 1.807) is 11.3 Å². The van der Waals surface area contributed by atoms with Crippen molar-refractivity contribution >= 4 is 11.3 Å². The van der Waals surface area contributed by atoms with Gasteiger partial charge in [-0.15, -0.1) is 11.3 Å². The Hall–Kier alpha value is -1.13. The van der Waals surface area contributed by atoms with Crippen molar-refractivity contribution in [3.63, 3.8) is 0 Å². The Morgan fingerprint density at radius 1 is 1.44 bits per heavy atom. The van der Waals surface area contributed by atoms with Crippen molar-refractivity contribution in [2.75, 3.05) is 0 Å². The predicted molar refractivity (Wildman–Crippen MR) is 67.4 cm³/mol. The van der Waals surface area contributed by atoms with Crippen LogP contribution < -0.4 is 5.32 Å². The van der Waals surface area contributed by atoms with E-state index >= 15 is 0 Å². The van der Waals surface area contributed by atoms with E-state index in [0.717, 1.165) is 24.6 Å². The second-order valence-corrected chi connectivity index (χ2v) is 4.77. The number of hydrogen-bond acceptors (Lipinski definition) is 3. The normalized spacial score (nSPS) is 10.8. The predicted octanol–water partition coefficient (Wildman–Crippen LogP) is 2.64. The summed E-state index contributed by atoms with van der Waals surface area (Å²) in [6, 6.07) is 2.17. The maximum absolute atomic E-state index is 4.23. The maximum Gasteiger partial charge on any atom is 0.106 e. The molecule has 0 saturated heterocycles. The van der Waals surface area contributed by atoms with Crippen LogP contribution in [0.15, 0.2) is 30.0 Å². The van der Waals surface area contributed by atoms with Crippen molar-refractivity contribution in [3.8, 4) is 0 Å². The zero-order chi connectivity index (χ0) is 11.2. The average molecular weight is 235 g/mol. The third kappa shape index (κ3) is 3.18. The smallest absolute Gasteiger partial charge is 0.106 e. The minimum atomic E-state index is 0.858. The third-order valence-corrected chi connectivity index (χ3v) is 3.16. The average Bonchev–Trinajstić information content (AvgIpc) is 2.90. The molecule has 0 aliphatic rings. The van der Waals surface area contributed by atoms with Gasteiger partial charge in [-0.2, -0.15) is 0 Å². The van der Waals surface area contributed by atoms with Crippen LogP contribution in [0.25, 0.3) is 0 Å². The first-order valence-electron chi connectivity index (χ1n) is 5.62. The van der Waals surface area contributed by atoms with Gasteiger partial charge in [-0.25, -0.2) is 4.98 Å². The number of thiazole rings is 1. The van der Waals surface area contributed by atoms with E-state index in [1.165, 1.54) is 12.0 Å². The molecule has 86 valence electrons. The molecule has 0 bridgehead atoms. The van der Waals surface area contributed by atoms with Crippen LogP contribution in [0.5, 0.6) is 0 Å². The summed E-state index contributed by atoms with van der Waals surface area (Å²) in [6.07, 6.45) is 7.38. The Morgan fingerprint density at radius 3 is 3.12 bits per heavy atom. The highest BCUT2D eigenvalue weighted by molar-refractivity contribution is 7.09. The summed E-state index contributed by atoms with van der Waals surface area (Å²) in [5, 5.41) is 6.55. The Balaban J connectivity index is 1.76. The Bertz CT molecular complexity index is 406. The van der Waals surface area contributed by atoms with Gasteiger partial charge in [-0.1, -0.05) is 6.92 Å². The topological polar surface area (TPSA) is 29.9 Å². The maximum atomic E-state index is 4.23. The molecule has 4 heteroatoms. The number of hydrogen-bond donors (Lipinski definition) is 1. The van der Waals surface area contributed by atoms with Crippen LogP contribution in [-0.2, 0) is 19.6 Å². The van der Waals surface area contributed by atoms with Gasteiger partial charge in [-0.05, 0) is 18.1 Å². The van der Waals surface area contributed by atoms with Crippen LogP contribution in [-0.4, -0.2) is 9.55 Å². The molecule has 0 saturated carbocycles. The summed E-state index contributed by atoms with van der Waals surface area (Å²) >= 11 is 1.69. The minimum absolute atomic E-state index is 0.858. The molecule has 0 spiro atoms. The number of nitrogens with one attached hydrogen (secondary N) is 1. The summed E-state index contributed by atoms with van der Waals surface area (Å²) in [6.45, 7) is 5.07. The van der Waals surface area contributed by atoms with Crippen molar-refractivity contribution in [2.45, 2.75) is 33.0 Å².